The van der Waals surface area contributed by atoms with Crippen LogP contribution in [0.2, 0.25) is 0 Å². The van der Waals surface area contributed by atoms with Gasteiger partial charge in [-0.05, 0) is 25.0 Å². The molecule has 3 rings (SSSR count). The second-order valence-electron chi connectivity index (χ2n) is 6.20. The Balaban J connectivity index is 1.67. The average molecular weight is 448 g/mol. The number of aromatic amines is 1. The molecule has 0 radical (unpaired) electrons. The minimum Gasteiger partial charge on any atom is -0.376 e. The number of para-hydroxylation sites is 1. The van der Waals surface area contributed by atoms with Crippen LogP contribution in [0.25, 0.3) is 0 Å². The SMILES string of the molecule is O=C(CSc1n[nH]c(=O)n1CC1CCCO1)Nc1ccccc1S(=O)(=O)C(F)F. The van der Waals surface area contributed by atoms with Gasteiger partial charge in [0.05, 0.1) is 29.0 Å². The third kappa shape index (κ3) is 5.03. The van der Waals surface area contributed by atoms with E-state index in [9.17, 15) is 26.8 Å². The van der Waals surface area contributed by atoms with E-state index in [1.165, 1.54) is 22.8 Å². The number of thioether (sulfide) groups is 1. The van der Waals surface area contributed by atoms with Gasteiger partial charge in [-0.2, -0.15) is 8.78 Å². The number of benzene rings is 1. The number of sulfone groups is 1. The van der Waals surface area contributed by atoms with E-state index in [0.29, 0.717) is 13.2 Å². The molecule has 29 heavy (non-hydrogen) atoms. The van der Waals surface area contributed by atoms with Crippen LogP contribution < -0.4 is 11.0 Å². The van der Waals surface area contributed by atoms with Gasteiger partial charge in [0, 0.05) is 6.61 Å². The summed E-state index contributed by atoms with van der Waals surface area (Å²) in [6.45, 7) is 0.928. The molecule has 158 valence electrons. The van der Waals surface area contributed by atoms with Crippen LogP contribution in [-0.4, -0.2) is 53.3 Å². The van der Waals surface area contributed by atoms with Crippen molar-refractivity contribution in [2.75, 3.05) is 17.7 Å². The van der Waals surface area contributed by atoms with Crippen molar-refractivity contribution < 1.29 is 26.7 Å². The number of H-pyrrole nitrogens is 1. The van der Waals surface area contributed by atoms with Crippen molar-refractivity contribution in [1.29, 1.82) is 0 Å². The Hall–Kier alpha value is -2.25. The highest BCUT2D eigenvalue weighted by atomic mass is 32.2. The largest absolute Gasteiger partial charge is 0.376 e. The first-order valence-corrected chi connectivity index (χ1v) is 11.1. The number of ether oxygens (including phenoxy) is 1. The number of carbonyl (C=O) groups excluding carboxylic acids is 1. The number of halogens is 2. The smallest absolute Gasteiger partial charge is 0.344 e. The lowest BCUT2D eigenvalue weighted by molar-refractivity contribution is -0.113. The van der Waals surface area contributed by atoms with Crippen LogP contribution in [0, 0.1) is 0 Å². The fraction of sp³-hybridized carbons (Fsp3) is 0.438. The summed E-state index contributed by atoms with van der Waals surface area (Å²) in [7, 11) is -4.87. The summed E-state index contributed by atoms with van der Waals surface area (Å²) in [5.74, 6) is -4.45. The number of amides is 1. The molecule has 1 fully saturated rings. The minimum atomic E-state index is -4.87. The number of hydrogen-bond acceptors (Lipinski definition) is 7. The number of anilines is 1. The number of rotatable bonds is 8. The molecule has 1 aromatic heterocycles. The van der Waals surface area contributed by atoms with Gasteiger partial charge in [0.25, 0.3) is 0 Å². The Morgan fingerprint density at radius 3 is 2.86 bits per heavy atom. The van der Waals surface area contributed by atoms with E-state index in [-0.39, 0.29) is 22.7 Å². The third-order valence-corrected chi connectivity index (χ3v) is 6.58. The van der Waals surface area contributed by atoms with Crippen molar-refractivity contribution in [1.82, 2.24) is 14.8 Å². The maximum Gasteiger partial charge on any atom is 0.344 e. The molecule has 2 aromatic rings. The minimum absolute atomic E-state index is 0.107. The second kappa shape index (κ2) is 9.05. The van der Waals surface area contributed by atoms with Crippen LogP contribution in [0.1, 0.15) is 12.8 Å². The summed E-state index contributed by atoms with van der Waals surface area (Å²) in [5.41, 5.74) is -0.672. The van der Waals surface area contributed by atoms with Crippen molar-refractivity contribution in [3.8, 4) is 0 Å². The van der Waals surface area contributed by atoms with Gasteiger partial charge in [0.1, 0.15) is 0 Å². The van der Waals surface area contributed by atoms with E-state index in [0.717, 1.165) is 30.7 Å². The van der Waals surface area contributed by atoms with Crippen LogP contribution in [0.5, 0.6) is 0 Å². The van der Waals surface area contributed by atoms with Crippen molar-refractivity contribution in [3.05, 3.63) is 34.7 Å². The topological polar surface area (TPSA) is 123 Å². The summed E-state index contributed by atoms with van der Waals surface area (Å²) in [4.78, 5) is 23.5. The van der Waals surface area contributed by atoms with Crippen LogP contribution in [0.15, 0.2) is 39.1 Å². The van der Waals surface area contributed by atoms with Crippen LogP contribution >= 0.6 is 11.8 Å². The first-order valence-electron chi connectivity index (χ1n) is 8.59. The Kier molecular flexibility index (Phi) is 6.70. The van der Waals surface area contributed by atoms with Gasteiger partial charge in [-0.15, -0.1) is 5.10 Å². The standard InChI is InChI=1S/C16H18F2N4O5S2/c17-14(18)29(25,26)12-6-2-1-5-11(12)19-13(23)9-28-16-21-20-15(24)22(16)8-10-4-3-7-27-10/h1-2,5-6,10,14H,3-4,7-9H2,(H,19,23)(H,20,24). The molecule has 9 nitrogen and oxygen atoms in total. The highest BCUT2D eigenvalue weighted by molar-refractivity contribution is 7.99. The lowest BCUT2D eigenvalue weighted by atomic mass is 10.2. The lowest BCUT2D eigenvalue weighted by Crippen LogP contribution is -2.25. The Labute approximate surface area is 168 Å². The number of aromatic nitrogens is 3. The molecule has 1 aliphatic heterocycles. The van der Waals surface area contributed by atoms with Gasteiger partial charge in [0.15, 0.2) is 5.16 Å². The van der Waals surface area contributed by atoms with Crippen molar-refractivity contribution in [2.45, 2.75) is 41.3 Å². The summed E-state index contributed by atoms with van der Waals surface area (Å²) < 4.78 is 56.1. The van der Waals surface area contributed by atoms with Crippen molar-refractivity contribution >= 4 is 33.2 Å². The maximum atomic E-state index is 12.8. The van der Waals surface area contributed by atoms with Crippen LogP contribution in [-0.2, 0) is 25.9 Å². The zero-order valence-corrected chi connectivity index (χ0v) is 16.6. The molecule has 2 N–H and O–H groups in total. The molecule has 1 aliphatic rings. The van der Waals surface area contributed by atoms with E-state index < -0.39 is 32.1 Å². The van der Waals surface area contributed by atoms with Gasteiger partial charge in [-0.1, -0.05) is 23.9 Å². The molecule has 2 heterocycles. The Morgan fingerprint density at radius 1 is 1.41 bits per heavy atom. The quantitative estimate of drug-likeness (QED) is 0.586. The second-order valence-corrected chi connectivity index (χ2v) is 9.02. The van der Waals surface area contributed by atoms with Gasteiger partial charge >= 0.3 is 11.4 Å². The number of nitrogens with zero attached hydrogens (tertiary/aromatic N) is 2. The zero-order valence-electron chi connectivity index (χ0n) is 15.0. The highest BCUT2D eigenvalue weighted by Gasteiger charge is 2.29. The third-order valence-electron chi connectivity index (χ3n) is 4.17. The fourth-order valence-corrected chi connectivity index (χ4v) is 4.44. The first kappa shape index (κ1) is 21.5. The normalized spacial score (nSPS) is 17.0. The van der Waals surface area contributed by atoms with Gasteiger partial charge < -0.3 is 10.1 Å². The molecule has 0 bridgehead atoms. The molecule has 1 aromatic carbocycles. The molecule has 1 saturated heterocycles. The van der Waals surface area contributed by atoms with E-state index in [2.05, 4.69) is 15.5 Å². The van der Waals surface area contributed by atoms with Crippen LogP contribution in [0.4, 0.5) is 14.5 Å². The van der Waals surface area contributed by atoms with Crippen LogP contribution in [0.3, 0.4) is 0 Å². The number of nitrogens with one attached hydrogen (secondary N) is 2. The zero-order chi connectivity index (χ0) is 21.0. The predicted molar refractivity (Wildman–Crippen MR) is 101 cm³/mol. The monoisotopic (exact) mass is 448 g/mol. The molecule has 1 unspecified atom stereocenters. The number of alkyl halides is 2. The molecule has 0 spiro atoms. The summed E-state index contributed by atoms with van der Waals surface area (Å²) >= 11 is 0.954. The fourth-order valence-electron chi connectivity index (χ4n) is 2.80. The van der Waals surface area contributed by atoms with Gasteiger partial charge in [-0.25, -0.2) is 18.3 Å². The summed E-state index contributed by atoms with van der Waals surface area (Å²) in [6.07, 6.45) is 1.62. The summed E-state index contributed by atoms with van der Waals surface area (Å²) in [5, 5.41) is 8.78. The van der Waals surface area contributed by atoms with E-state index in [4.69, 9.17) is 4.74 Å². The number of hydrogen-bond donors (Lipinski definition) is 2. The molecule has 0 saturated carbocycles. The Bertz CT molecular complexity index is 1030. The van der Waals surface area contributed by atoms with Crippen molar-refractivity contribution in [2.24, 2.45) is 0 Å². The molecule has 13 heteroatoms. The number of carbonyl (C=O) groups is 1. The Morgan fingerprint density at radius 2 is 2.17 bits per heavy atom. The van der Waals surface area contributed by atoms with Gasteiger partial charge in [0.2, 0.25) is 15.7 Å². The molecule has 1 atom stereocenters. The first-order chi connectivity index (χ1) is 13.8. The molecular formula is C16H18F2N4O5S2. The van der Waals surface area contributed by atoms with E-state index in [1.807, 2.05) is 0 Å². The van der Waals surface area contributed by atoms with Gasteiger partial charge in [-0.3, -0.25) is 9.36 Å². The predicted octanol–water partition coefficient (Wildman–Crippen LogP) is 1.48. The molecule has 1 amide bonds. The summed E-state index contributed by atoms with van der Waals surface area (Å²) in [6, 6.07) is 4.92. The lowest BCUT2D eigenvalue weighted by Gasteiger charge is -2.12. The molecular weight excluding hydrogens is 430 g/mol. The highest BCUT2D eigenvalue weighted by Crippen LogP contribution is 2.26. The molecule has 0 aliphatic carbocycles. The van der Waals surface area contributed by atoms with E-state index >= 15 is 0 Å². The maximum absolute atomic E-state index is 12.8. The van der Waals surface area contributed by atoms with E-state index in [1.54, 1.807) is 0 Å². The van der Waals surface area contributed by atoms with Crippen molar-refractivity contribution in [3.63, 3.8) is 0 Å². The average Bonchev–Trinajstić information content (AvgIpc) is 3.31.